The van der Waals surface area contributed by atoms with Crippen molar-refractivity contribution in [2.45, 2.75) is 31.7 Å². The fraction of sp³-hybridized carbons (Fsp3) is 0.889. The predicted molar refractivity (Wildman–Crippen MR) is 46.5 cm³/mol. The van der Waals surface area contributed by atoms with Gasteiger partial charge in [-0.25, -0.2) is 0 Å². The number of amides is 1. The molecular formula is C9H16N2O. The van der Waals surface area contributed by atoms with Crippen molar-refractivity contribution in [3.63, 3.8) is 0 Å². The molecular weight excluding hydrogens is 152 g/mol. The summed E-state index contributed by atoms with van der Waals surface area (Å²) in [7, 11) is 0. The Morgan fingerprint density at radius 2 is 2.08 bits per heavy atom. The summed E-state index contributed by atoms with van der Waals surface area (Å²) in [6, 6.07) is 0.483. The third-order valence-corrected chi connectivity index (χ3v) is 3.22. The number of carbonyl (C=O) groups is 1. The van der Waals surface area contributed by atoms with Crippen LogP contribution < -0.4 is 5.73 Å². The van der Waals surface area contributed by atoms with Crippen molar-refractivity contribution in [1.29, 1.82) is 0 Å². The van der Waals surface area contributed by atoms with Crippen LogP contribution >= 0.6 is 0 Å². The standard InChI is InChI=1S/C9H16N2O/c10-9(12)7-4-6-11-5-2-1-3-8(7)11/h7-8H,1-6H2,(H2,10,12)/t7-,8-/m1/s1. The summed E-state index contributed by atoms with van der Waals surface area (Å²) in [6.45, 7) is 2.26. The second-order valence-corrected chi connectivity index (χ2v) is 3.90. The van der Waals surface area contributed by atoms with Gasteiger partial charge in [0.2, 0.25) is 5.91 Å². The first-order chi connectivity index (χ1) is 5.79. The zero-order valence-electron chi connectivity index (χ0n) is 7.33. The Kier molecular flexibility index (Phi) is 2.05. The summed E-state index contributed by atoms with van der Waals surface area (Å²) >= 11 is 0. The van der Waals surface area contributed by atoms with E-state index in [4.69, 9.17) is 5.73 Å². The van der Waals surface area contributed by atoms with Gasteiger partial charge in [0.05, 0.1) is 5.92 Å². The van der Waals surface area contributed by atoms with Crippen LogP contribution in [0, 0.1) is 5.92 Å². The minimum atomic E-state index is -0.0931. The molecule has 0 spiro atoms. The molecule has 0 radical (unpaired) electrons. The van der Waals surface area contributed by atoms with Crippen molar-refractivity contribution in [3.05, 3.63) is 0 Å². The van der Waals surface area contributed by atoms with Crippen LogP contribution in [-0.2, 0) is 4.79 Å². The van der Waals surface area contributed by atoms with Gasteiger partial charge in [-0.3, -0.25) is 9.69 Å². The minimum absolute atomic E-state index is 0.0931. The number of piperidine rings is 1. The van der Waals surface area contributed by atoms with E-state index < -0.39 is 0 Å². The van der Waals surface area contributed by atoms with Gasteiger partial charge >= 0.3 is 0 Å². The van der Waals surface area contributed by atoms with E-state index in [0.29, 0.717) is 6.04 Å². The van der Waals surface area contributed by atoms with Crippen molar-refractivity contribution in [1.82, 2.24) is 4.90 Å². The first-order valence-electron chi connectivity index (χ1n) is 4.82. The van der Waals surface area contributed by atoms with Crippen LogP contribution in [-0.4, -0.2) is 29.9 Å². The SMILES string of the molecule is NC(=O)[C@@H]1CCN2CCCC[C@H]12. The Morgan fingerprint density at radius 1 is 1.25 bits per heavy atom. The average molecular weight is 168 g/mol. The number of hydrogen-bond donors (Lipinski definition) is 1. The topological polar surface area (TPSA) is 46.3 Å². The highest BCUT2D eigenvalue weighted by molar-refractivity contribution is 5.77. The predicted octanol–water partition coefficient (Wildman–Crippen LogP) is 0.346. The van der Waals surface area contributed by atoms with E-state index >= 15 is 0 Å². The zero-order chi connectivity index (χ0) is 8.55. The molecule has 0 aromatic carbocycles. The first-order valence-corrected chi connectivity index (χ1v) is 4.82. The third-order valence-electron chi connectivity index (χ3n) is 3.22. The van der Waals surface area contributed by atoms with Crippen LogP contribution in [0.1, 0.15) is 25.7 Å². The second kappa shape index (κ2) is 3.05. The lowest BCUT2D eigenvalue weighted by molar-refractivity contribution is -0.122. The lowest BCUT2D eigenvalue weighted by atomic mass is 9.93. The van der Waals surface area contributed by atoms with Gasteiger partial charge in [-0.2, -0.15) is 0 Å². The highest BCUT2D eigenvalue weighted by Crippen LogP contribution is 2.31. The van der Waals surface area contributed by atoms with Gasteiger partial charge in [0.1, 0.15) is 0 Å². The van der Waals surface area contributed by atoms with E-state index in [9.17, 15) is 4.79 Å². The molecule has 2 aliphatic rings. The van der Waals surface area contributed by atoms with Crippen molar-refractivity contribution in [2.75, 3.05) is 13.1 Å². The molecule has 0 aromatic heterocycles. The Hall–Kier alpha value is -0.570. The number of nitrogens with two attached hydrogens (primary N) is 1. The summed E-state index contributed by atoms with van der Waals surface area (Å²) < 4.78 is 0. The normalized spacial score (nSPS) is 36.3. The molecule has 0 bridgehead atoms. The van der Waals surface area contributed by atoms with Crippen molar-refractivity contribution >= 4 is 5.91 Å². The van der Waals surface area contributed by atoms with Gasteiger partial charge in [-0.1, -0.05) is 6.42 Å². The molecule has 2 aliphatic heterocycles. The van der Waals surface area contributed by atoms with E-state index in [-0.39, 0.29) is 11.8 Å². The molecule has 2 saturated heterocycles. The van der Waals surface area contributed by atoms with Crippen molar-refractivity contribution < 1.29 is 4.79 Å². The molecule has 12 heavy (non-hydrogen) atoms. The molecule has 2 atom stereocenters. The number of hydrogen-bond acceptors (Lipinski definition) is 2. The fourth-order valence-corrected chi connectivity index (χ4v) is 2.58. The van der Waals surface area contributed by atoms with Crippen LogP contribution in [0.3, 0.4) is 0 Å². The molecule has 2 rings (SSSR count). The summed E-state index contributed by atoms with van der Waals surface area (Å²) in [5, 5.41) is 0. The van der Waals surface area contributed by atoms with Gasteiger partial charge in [0, 0.05) is 6.04 Å². The molecule has 2 heterocycles. The van der Waals surface area contributed by atoms with Crippen molar-refractivity contribution in [3.8, 4) is 0 Å². The second-order valence-electron chi connectivity index (χ2n) is 3.90. The van der Waals surface area contributed by atoms with E-state index in [1.54, 1.807) is 0 Å². The maximum atomic E-state index is 11.1. The van der Waals surface area contributed by atoms with Gasteiger partial charge in [0.25, 0.3) is 0 Å². The molecule has 2 fully saturated rings. The fourth-order valence-electron chi connectivity index (χ4n) is 2.58. The highest BCUT2D eigenvalue weighted by atomic mass is 16.1. The Labute approximate surface area is 72.9 Å². The van der Waals surface area contributed by atoms with E-state index in [1.165, 1.54) is 25.8 Å². The zero-order valence-corrected chi connectivity index (χ0v) is 7.33. The quantitative estimate of drug-likeness (QED) is 0.614. The van der Waals surface area contributed by atoms with Gasteiger partial charge < -0.3 is 5.73 Å². The summed E-state index contributed by atoms with van der Waals surface area (Å²) in [6.07, 6.45) is 4.72. The Balaban J connectivity index is 2.05. The lowest BCUT2D eigenvalue weighted by Gasteiger charge is -2.31. The van der Waals surface area contributed by atoms with Gasteiger partial charge in [0.15, 0.2) is 0 Å². The third kappa shape index (κ3) is 1.22. The maximum absolute atomic E-state index is 11.1. The number of rotatable bonds is 1. The van der Waals surface area contributed by atoms with E-state index in [0.717, 1.165) is 13.0 Å². The minimum Gasteiger partial charge on any atom is -0.369 e. The van der Waals surface area contributed by atoms with Crippen LogP contribution in [0.4, 0.5) is 0 Å². The number of nitrogens with zero attached hydrogens (tertiary/aromatic N) is 1. The number of carbonyl (C=O) groups excluding carboxylic acids is 1. The molecule has 2 N–H and O–H groups in total. The molecule has 3 nitrogen and oxygen atoms in total. The summed E-state index contributed by atoms with van der Waals surface area (Å²) in [5.74, 6) is 0.0506. The molecule has 0 saturated carbocycles. The van der Waals surface area contributed by atoms with Gasteiger partial charge in [-0.05, 0) is 32.4 Å². The number of fused-ring (bicyclic) bond motifs is 1. The smallest absolute Gasteiger partial charge is 0.222 e. The molecule has 1 amide bonds. The lowest BCUT2D eigenvalue weighted by Crippen LogP contribution is -2.40. The molecule has 68 valence electrons. The Morgan fingerprint density at radius 3 is 2.83 bits per heavy atom. The molecule has 0 aromatic rings. The largest absolute Gasteiger partial charge is 0.369 e. The maximum Gasteiger partial charge on any atom is 0.222 e. The summed E-state index contributed by atoms with van der Waals surface area (Å²) in [5.41, 5.74) is 5.34. The van der Waals surface area contributed by atoms with Gasteiger partial charge in [-0.15, -0.1) is 0 Å². The summed E-state index contributed by atoms with van der Waals surface area (Å²) in [4.78, 5) is 13.5. The van der Waals surface area contributed by atoms with Crippen molar-refractivity contribution in [2.24, 2.45) is 11.7 Å². The van der Waals surface area contributed by atoms with E-state index in [1.807, 2.05) is 0 Å². The van der Waals surface area contributed by atoms with Crippen LogP contribution in [0.15, 0.2) is 0 Å². The molecule has 0 aliphatic carbocycles. The number of primary amides is 1. The Bertz CT molecular complexity index is 193. The van der Waals surface area contributed by atoms with Crippen LogP contribution in [0.2, 0.25) is 0 Å². The van der Waals surface area contributed by atoms with E-state index in [2.05, 4.69) is 4.90 Å². The first kappa shape index (κ1) is 8.05. The highest BCUT2D eigenvalue weighted by Gasteiger charge is 2.38. The van der Waals surface area contributed by atoms with Crippen LogP contribution in [0.25, 0.3) is 0 Å². The molecule has 0 unspecified atom stereocenters. The average Bonchev–Trinajstić information content (AvgIpc) is 2.47. The molecule has 3 heteroatoms. The monoisotopic (exact) mass is 168 g/mol. The van der Waals surface area contributed by atoms with Crippen LogP contribution in [0.5, 0.6) is 0 Å².